The zero-order chi connectivity index (χ0) is 22.8. The number of aromatic nitrogens is 2. The first-order chi connectivity index (χ1) is 15.6. The highest BCUT2D eigenvalue weighted by Crippen LogP contribution is 2.30. The van der Waals surface area contributed by atoms with Crippen LogP contribution in [-0.2, 0) is 20.7 Å². The van der Waals surface area contributed by atoms with Crippen molar-refractivity contribution < 1.29 is 28.3 Å². The molecule has 168 valence electrons. The number of amides is 1. The Morgan fingerprint density at radius 2 is 1.75 bits per heavy atom. The van der Waals surface area contributed by atoms with Gasteiger partial charge in [-0.25, -0.2) is 0 Å². The van der Waals surface area contributed by atoms with Gasteiger partial charge in [0, 0.05) is 23.7 Å². The van der Waals surface area contributed by atoms with Crippen LogP contribution in [0.4, 0.5) is 5.69 Å². The Balaban J connectivity index is 1.44. The van der Waals surface area contributed by atoms with Gasteiger partial charge in [0.05, 0.1) is 19.6 Å². The van der Waals surface area contributed by atoms with Crippen LogP contribution in [0.1, 0.15) is 26.2 Å². The third-order valence-corrected chi connectivity index (χ3v) is 4.23. The van der Waals surface area contributed by atoms with Gasteiger partial charge in [0.15, 0.2) is 18.1 Å². The summed E-state index contributed by atoms with van der Waals surface area (Å²) in [5.74, 6) is 0.891. The molecule has 1 heterocycles. The van der Waals surface area contributed by atoms with Crippen LogP contribution in [0.5, 0.6) is 11.5 Å². The van der Waals surface area contributed by atoms with Gasteiger partial charge in [-0.1, -0.05) is 35.5 Å². The summed E-state index contributed by atoms with van der Waals surface area (Å²) in [6.07, 6.45) is 0.234. The molecule has 9 heteroatoms. The van der Waals surface area contributed by atoms with Crippen molar-refractivity contribution in [1.29, 1.82) is 0 Å². The van der Waals surface area contributed by atoms with Crippen molar-refractivity contribution in [2.45, 2.75) is 26.7 Å². The molecule has 0 unspecified atom stereocenters. The highest BCUT2D eigenvalue weighted by molar-refractivity contribution is 5.93. The smallest absolute Gasteiger partial charge is 0.306 e. The van der Waals surface area contributed by atoms with Crippen LogP contribution < -0.4 is 14.8 Å². The maximum Gasteiger partial charge on any atom is 0.306 e. The summed E-state index contributed by atoms with van der Waals surface area (Å²) in [6.45, 7) is 4.29. The predicted molar refractivity (Wildman–Crippen MR) is 116 cm³/mol. The maximum atomic E-state index is 12.1. The summed E-state index contributed by atoms with van der Waals surface area (Å²) in [5.41, 5.74) is 1.33. The molecule has 3 aromatic rings. The second kappa shape index (κ2) is 11.5. The number of ether oxygens (including phenoxy) is 3. The van der Waals surface area contributed by atoms with Crippen LogP contribution in [0.25, 0.3) is 11.4 Å². The highest BCUT2D eigenvalue weighted by Gasteiger charge is 2.13. The molecule has 0 aliphatic rings. The summed E-state index contributed by atoms with van der Waals surface area (Å²) in [6, 6.07) is 14.4. The van der Waals surface area contributed by atoms with E-state index < -0.39 is 18.5 Å². The number of anilines is 1. The second-order valence-electron chi connectivity index (χ2n) is 6.61. The van der Waals surface area contributed by atoms with Crippen molar-refractivity contribution in [3.8, 4) is 22.9 Å². The van der Waals surface area contributed by atoms with E-state index >= 15 is 0 Å². The van der Waals surface area contributed by atoms with Gasteiger partial charge in [-0.2, -0.15) is 4.98 Å². The molecule has 3 rings (SSSR count). The Morgan fingerprint density at radius 3 is 2.50 bits per heavy atom. The van der Waals surface area contributed by atoms with E-state index in [4.69, 9.17) is 18.7 Å². The molecule has 9 nitrogen and oxygen atoms in total. The molecule has 0 bridgehead atoms. The fourth-order valence-electron chi connectivity index (χ4n) is 2.81. The lowest BCUT2D eigenvalue weighted by Crippen LogP contribution is -2.21. The molecular formula is C23H25N3O6. The SMILES string of the molecule is CCOc1ccc(NC(=O)COC(=O)CCc2nc(-c3ccccc3)no2)cc1OCC. The van der Waals surface area contributed by atoms with E-state index in [0.717, 1.165) is 5.56 Å². The number of esters is 1. The normalized spacial score (nSPS) is 10.4. The quantitative estimate of drug-likeness (QED) is 0.451. The van der Waals surface area contributed by atoms with Crippen LogP contribution >= 0.6 is 0 Å². The molecule has 32 heavy (non-hydrogen) atoms. The zero-order valence-electron chi connectivity index (χ0n) is 18.0. The lowest BCUT2D eigenvalue weighted by atomic mass is 10.2. The predicted octanol–water partition coefficient (Wildman–Crippen LogP) is 3.65. The molecule has 2 aromatic carbocycles. The maximum absolute atomic E-state index is 12.1. The molecule has 1 amide bonds. The average molecular weight is 439 g/mol. The van der Waals surface area contributed by atoms with Crippen LogP contribution in [0, 0.1) is 0 Å². The lowest BCUT2D eigenvalue weighted by Gasteiger charge is -2.13. The van der Waals surface area contributed by atoms with Gasteiger partial charge >= 0.3 is 5.97 Å². The fourth-order valence-corrected chi connectivity index (χ4v) is 2.81. The Hall–Kier alpha value is -3.88. The van der Waals surface area contributed by atoms with Crippen molar-refractivity contribution in [2.24, 2.45) is 0 Å². The van der Waals surface area contributed by atoms with Crippen molar-refractivity contribution in [1.82, 2.24) is 10.1 Å². The molecule has 0 radical (unpaired) electrons. The minimum atomic E-state index is -0.540. The van der Waals surface area contributed by atoms with Crippen LogP contribution in [-0.4, -0.2) is 41.8 Å². The van der Waals surface area contributed by atoms with Gasteiger partial charge in [-0.3, -0.25) is 9.59 Å². The monoisotopic (exact) mass is 439 g/mol. The minimum Gasteiger partial charge on any atom is -0.490 e. The summed E-state index contributed by atoms with van der Waals surface area (Å²) in [5, 5.41) is 6.57. The first-order valence-corrected chi connectivity index (χ1v) is 10.3. The molecule has 1 aromatic heterocycles. The van der Waals surface area contributed by atoms with Crippen molar-refractivity contribution in [2.75, 3.05) is 25.1 Å². The first-order valence-electron chi connectivity index (χ1n) is 10.3. The topological polar surface area (TPSA) is 113 Å². The van der Waals surface area contributed by atoms with Gasteiger partial charge in [0.1, 0.15) is 0 Å². The number of nitrogens with zero attached hydrogens (tertiary/aromatic N) is 2. The van der Waals surface area contributed by atoms with Gasteiger partial charge in [0.2, 0.25) is 11.7 Å². The van der Waals surface area contributed by atoms with Crippen LogP contribution in [0.3, 0.4) is 0 Å². The van der Waals surface area contributed by atoms with E-state index in [0.29, 0.717) is 42.1 Å². The Morgan fingerprint density at radius 1 is 1.00 bits per heavy atom. The largest absolute Gasteiger partial charge is 0.490 e. The van der Waals surface area contributed by atoms with E-state index in [-0.39, 0.29) is 12.8 Å². The number of benzene rings is 2. The fraction of sp³-hybridized carbons (Fsp3) is 0.304. The van der Waals surface area contributed by atoms with Gasteiger partial charge in [-0.15, -0.1) is 0 Å². The number of carbonyl (C=O) groups is 2. The number of rotatable bonds is 11. The van der Waals surface area contributed by atoms with Gasteiger partial charge in [-0.05, 0) is 26.0 Å². The van der Waals surface area contributed by atoms with Gasteiger partial charge < -0.3 is 24.1 Å². The van der Waals surface area contributed by atoms with E-state index in [1.54, 1.807) is 18.2 Å². The standard InChI is InChI=1S/C23H25N3O6/c1-3-29-18-11-10-17(14-19(18)30-4-2)24-20(27)15-31-22(28)13-12-21-25-23(26-32-21)16-8-6-5-7-9-16/h5-11,14H,3-4,12-13,15H2,1-2H3,(H,24,27). The summed E-state index contributed by atoms with van der Waals surface area (Å²) in [4.78, 5) is 28.4. The molecule has 0 spiro atoms. The second-order valence-corrected chi connectivity index (χ2v) is 6.61. The summed E-state index contributed by atoms with van der Waals surface area (Å²) < 4.78 is 21.2. The average Bonchev–Trinajstić information content (AvgIpc) is 3.28. The Bertz CT molecular complexity index is 1040. The summed E-state index contributed by atoms with van der Waals surface area (Å²) in [7, 11) is 0. The number of carbonyl (C=O) groups excluding carboxylic acids is 2. The molecule has 0 saturated heterocycles. The van der Waals surface area contributed by atoms with E-state index in [1.165, 1.54) is 0 Å². The molecule has 1 N–H and O–H groups in total. The first kappa shape index (κ1) is 22.8. The minimum absolute atomic E-state index is 0.0151. The van der Waals surface area contributed by atoms with Crippen LogP contribution in [0.15, 0.2) is 53.1 Å². The molecular weight excluding hydrogens is 414 g/mol. The number of hydrogen-bond acceptors (Lipinski definition) is 8. The Kier molecular flexibility index (Phi) is 8.19. The highest BCUT2D eigenvalue weighted by atomic mass is 16.5. The van der Waals surface area contributed by atoms with Crippen molar-refractivity contribution in [3.63, 3.8) is 0 Å². The third kappa shape index (κ3) is 6.56. The van der Waals surface area contributed by atoms with Crippen molar-refractivity contribution in [3.05, 3.63) is 54.4 Å². The summed E-state index contributed by atoms with van der Waals surface area (Å²) >= 11 is 0. The molecule has 0 fully saturated rings. The number of hydrogen-bond donors (Lipinski definition) is 1. The molecule has 0 aliphatic heterocycles. The molecule has 0 aliphatic carbocycles. The molecule has 0 saturated carbocycles. The van der Waals surface area contributed by atoms with E-state index in [1.807, 2.05) is 44.2 Å². The lowest BCUT2D eigenvalue weighted by molar-refractivity contribution is -0.147. The number of aryl methyl sites for hydroxylation is 1. The van der Waals surface area contributed by atoms with Crippen molar-refractivity contribution >= 4 is 17.6 Å². The third-order valence-electron chi connectivity index (χ3n) is 4.23. The van der Waals surface area contributed by atoms with E-state index in [2.05, 4.69) is 15.5 Å². The zero-order valence-corrected chi connectivity index (χ0v) is 18.0. The number of nitrogens with one attached hydrogen (secondary N) is 1. The Labute approximate surface area is 185 Å². The molecule has 0 atom stereocenters. The van der Waals surface area contributed by atoms with E-state index in [9.17, 15) is 9.59 Å². The van der Waals surface area contributed by atoms with Crippen LogP contribution in [0.2, 0.25) is 0 Å². The van der Waals surface area contributed by atoms with Gasteiger partial charge in [0.25, 0.3) is 5.91 Å².